The predicted octanol–water partition coefficient (Wildman–Crippen LogP) is 2.97. The second-order valence-electron chi connectivity index (χ2n) is 5.79. The molecule has 1 aliphatic carbocycles. The summed E-state index contributed by atoms with van der Waals surface area (Å²) in [6, 6.07) is 1.04. The van der Waals surface area contributed by atoms with Crippen molar-refractivity contribution in [1.82, 2.24) is 4.90 Å². The van der Waals surface area contributed by atoms with E-state index in [0.717, 1.165) is 6.42 Å². The molecule has 2 rings (SSSR count). The lowest BCUT2D eigenvalue weighted by Crippen LogP contribution is -2.51. The fourth-order valence-electron chi connectivity index (χ4n) is 3.67. The minimum absolute atomic E-state index is 0.0636. The molecular weight excluding hydrogens is 210 g/mol. The van der Waals surface area contributed by atoms with Crippen LogP contribution in [0, 0.1) is 5.92 Å². The summed E-state index contributed by atoms with van der Waals surface area (Å²) in [5, 5.41) is 10.2. The molecule has 1 saturated carbocycles. The molecule has 1 aliphatic heterocycles. The number of rotatable bonds is 3. The first-order valence-electron chi connectivity index (χ1n) is 7.30. The molecule has 4 atom stereocenters. The topological polar surface area (TPSA) is 23.5 Å². The van der Waals surface area contributed by atoms with Crippen molar-refractivity contribution in [2.24, 2.45) is 5.92 Å². The van der Waals surface area contributed by atoms with Crippen LogP contribution < -0.4 is 0 Å². The molecule has 2 nitrogen and oxygen atoms in total. The molecule has 1 heterocycles. The molecule has 17 heavy (non-hydrogen) atoms. The van der Waals surface area contributed by atoms with Crippen LogP contribution in [0.15, 0.2) is 12.7 Å². The van der Waals surface area contributed by atoms with E-state index in [1.807, 2.05) is 6.08 Å². The molecule has 0 bridgehead atoms. The van der Waals surface area contributed by atoms with Crippen LogP contribution in [-0.4, -0.2) is 34.7 Å². The Morgan fingerprint density at radius 1 is 1.18 bits per heavy atom. The molecule has 1 saturated heterocycles. The summed E-state index contributed by atoms with van der Waals surface area (Å²) >= 11 is 0. The van der Waals surface area contributed by atoms with Gasteiger partial charge in [0.1, 0.15) is 0 Å². The standard InChI is InChI=1S/C15H27NO/c1-3-12(2)16-11-7-6-9-14(16)13-8-4-5-10-15(13)17/h3,12-15,17H,1,4-11H2,2H3. The lowest BCUT2D eigenvalue weighted by Gasteiger charge is -2.45. The summed E-state index contributed by atoms with van der Waals surface area (Å²) in [5.41, 5.74) is 0. The Morgan fingerprint density at radius 3 is 2.59 bits per heavy atom. The second kappa shape index (κ2) is 6.01. The summed E-state index contributed by atoms with van der Waals surface area (Å²) in [4.78, 5) is 2.58. The average Bonchev–Trinajstić information content (AvgIpc) is 2.38. The van der Waals surface area contributed by atoms with E-state index in [1.165, 1.54) is 45.1 Å². The Balaban J connectivity index is 2.06. The molecule has 0 amide bonds. The lowest BCUT2D eigenvalue weighted by atomic mass is 9.77. The summed E-state index contributed by atoms with van der Waals surface area (Å²) in [7, 11) is 0. The highest BCUT2D eigenvalue weighted by Crippen LogP contribution is 2.34. The molecule has 0 aromatic heterocycles. The normalized spacial score (nSPS) is 37.6. The highest BCUT2D eigenvalue weighted by atomic mass is 16.3. The van der Waals surface area contributed by atoms with Gasteiger partial charge in [0, 0.05) is 18.0 Å². The van der Waals surface area contributed by atoms with Crippen molar-refractivity contribution >= 4 is 0 Å². The molecule has 0 aromatic carbocycles. The molecule has 4 unspecified atom stereocenters. The fourth-order valence-corrected chi connectivity index (χ4v) is 3.67. The third-order valence-electron chi connectivity index (χ3n) is 4.73. The van der Waals surface area contributed by atoms with Gasteiger partial charge in [-0.15, -0.1) is 6.58 Å². The quantitative estimate of drug-likeness (QED) is 0.763. The number of aliphatic hydroxyl groups is 1. The molecule has 0 radical (unpaired) electrons. The third-order valence-corrected chi connectivity index (χ3v) is 4.73. The van der Waals surface area contributed by atoms with Gasteiger partial charge >= 0.3 is 0 Å². The van der Waals surface area contributed by atoms with Crippen LogP contribution in [0.25, 0.3) is 0 Å². The maximum atomic E-state index is 10.2. The molecule has 0 aromatic rings. The van der Waals surface area contributed by atoms with E-state index in [1.54, 1.807) is 0 Å². The molecule has 2 fully saturated rings. The molecule has 98 valence electrons. The van der Waals surface area contributed by atoms with Crippen LogP contribution in [0.3, 0.4) is 0 Å². The Kier molecular flexibility index (Phi) is 4.63. The third kappa shape index (κ3) is 2.92. The number of hydrogen-bond donors (Lipinski definition) is 1. The van der Waals surface area contributed by atoms with Gasteiger partial charge < -0.3 is 5.11 Å². The monoisotopic (exact) mass is 237 g/mol. The van der Waals surface area contributed by atoms with Gasteiger partial charge in [-0.2, -0.15) is 0 Å². The number of hydrogen-bond acceptors (Lipinski definition) is 2. The average molecular weight is 237 g/mol. The molecular formula is C15H27NO. The first-order chi connectivity index (χ1) is 8.24. The highest BCUT2D eigenvalue weighted by Gasteiger charge is 2.36. The Labute approximate surface area is 106 Å². The van der Waals surface area contributed by atoms with Crippen molar-refractivity contribution in [2.75, 3.05) is 6.54 Å². The Bertz CT molecular complexity index is 253. The van der Waals surface area contributed by atoms with Crippen LogP contribution in [0.2, 0.25) is 0 Å². The van der Waals surface area contributed by atoms with E-state index in [2.05, 4.69) is 18.4 Å². The Morgan fingerprint density at radius 2 is 1.88 bits per heavy atom. The maximum Gasteiger partial charge on any atom is 0.0583 e. The molecule has 2 heteroatoms. The first kappa shape index (κ1) is 13.1. The maximum absolute atomic E-state index is 10.2. The van der Waals surface area contributed by atoms with E-state index in [-0.39, 0.29) is 6.10 Å². The minimum Gasteiger partial charge on any atom is -0.393 e. The zero-order chi connectivity index (χ0) is 12.3. The lowest BCUT2D eigenvalue weighted by molar-refractivity contribution is -0.0127. The van der Waals surface area contributed by atoms with Crippen molar-refractivity contribution in [3.8, 4) is 0 Å². The zero-order valence-corrected chi connectivity index (χ0v) is 11.1. The van der Waals surface area contributed by atoms with Crippen molar-refractivity contribution < 1.29 is 5.11 Å². The molecule has 1 N–H and O–H groups in total. The number of piperidine rings is 1. The number of likely N-dealkylation sites (tertiary alicyclic amines) is 1. The first-order valence-corrected chi connectivity index (χ1v) is 7.30. The Hall–Kier alpha value is -0.340. The number of nitrogens with zero attached hydrogens (tertiary/aromatic N) is 1. The van der Waals surface area contributed by atoms with Gasteiger partial charge in [-0.3, -0.25) is 4.90 Å². The van der Waals surface area contributed by atoms with E-state index in [0.29, 0.717) is 18.0 Å². The van der Waals surface area contributed by atoms with Gasteiger partial charge in [-0.25, -0.2) is 0 Å². The number of aliphatic hydroxyl groups excluding tert-OH is 1. The van der Waals surface area contributed by atoms with Crippen molar-refractivity contribution in [3.05, 3.63) is 12.7 Å². The van der Waals surface area contributed by atoms with Gasteiger partial charge in [0.15, 0.2) is 0 Å². The summed E-state index contributed by atoms with van der Waals surface area (Å²) in [6.07, 6.45) is 10.6. The van der Waals surface area contributed by atoms with Crippen LogP contribution in [0.4, 0.5) is 0 Å². The SMILES string of the molecule is C=CC(C)N1CCCCC1C1CCCCC1O. The molecule has 0 spiro atoms. The summed E-state index contributed by atoms with van der Waals surface area (Å²) < 4.78 is 0. The van der Waals surface area contributed by atoms with Crippen molar-refractivity contribution in [2.45, 2.75) is 70.1 Å². The van der Waals surface area contributed by atoms with Gasteiger partial charge in [-0.05, 0) is 39.2 Å². The van der Waals surface area contributed by atoms with E-state index in [4.69, 9.17) is 0 Å². The highest BCUT2D eigenvalue weighted by molar-refractivity contribution is 4.95. The van der Waals surface area contributed by atoms with Gasteiger partial charge in [0.25, 0.3) is 0 Å². The smallest absolute Gasteiger partial charge is 0.0583 e. The van der Waals surface area contributed by atoms with Gasteiger partial charge in [0.05, 0.1) is 6.10 Å². The van der Waals surface area contributed by atoms with Gasteiger partial charge in [-0.1, -0.05) is 25.3 Å². The van der Waals surface area contributed by atoms with Crippen LogP contribution in [0.1, 0.15) is 51.9 Å². The second-order valence-corrected chi connectivity index (χ2v) is 5.79. The predicted molar refractivity (Wildman–Crippen MR) is 72.0 cm³/mol. The van der Waals surface area contributed by atoms with Crippen LogP contribution >= 0.6 is 0 Å². The molecule has 2 aliphatic rings. The fraction of sp³-hybridized carbons (Fsp3) is 0.867. The summed E-state index contributed by atoms with van der Waals surface area (Å²) in [6.45, 7) is 7.35. The van der Waals surface area contributed by atoms with Crippen LogP contribution in [0.5, 0.6) is 0 Å². The van der Waals surface area contributed by atoms with Crippen molar-refractivity contribution in [1.29, 1.82) is 0 Å². The zero-order valence-electron chi connectivity index (χ0n) is 11.1. The summed E-state index contributed by atoms with van der Waals surface area (Å²) in [5.74, 6) is 0.506. The largest absolute Gasteiger partial charge is 0.393 e. The van der Waals surface area contributed by atoms with Crippen molar-refractivity contribution in [3.63, 3.8) is 0 Å². The minimum atomic E-state index is -0.0636. The van der Waals surface area contributed by atoms with E-state index >= 15 is 0 Å². The van der Waals surface area contributed by atoms with E-state index < -0.39 is 0 Å². The van der Waals surface area contributed by atoms with Crippen LogP contribution in [-0.2, 0) is 0 Å². The van der Waals surface area contributed by atoms with Gasteiger partial charge in [0.2, 0.25) is 0 Å². The van der Waals surface area contributed by atoms with E-state index in [9.17, 15) is 5.11 Å².